The first kappa shape index (κ1) is 20.7. The summed E-state index contributed by atoms with van der Waals surface area (Å²) in [4.78, 5) is 31.5. The molecule has 1 spiro atoms. The van der Waals surface area contributed by atoms with Gasteiger partial charge < -0.3 is 14.7 Å². The molecule has 3 rings (SSSR count). The van der Waals surface area contributed by atoms with Gasteiger partial charge in [-0.15, -0.1) is 0 Å². The molecule has 28 heavy (non-hydrogen) atoms. The molecule has 0 aliphatic carbocycles. The fourth-order valence-electron chi connectivity index (χ4n) is 4.55. The van der Waals surface area contributed by atoms with E-state index < -0.39 is 0 Å². The van der Waals surface area contributed by atoms with Crippen LogP contribution in [0.3, 0.4) is 0 Å². The van der Waals surface area contributed by atoms with Crippen LogP contribution < -0.4 is 4.90 Å². The second-order valence-corrected chi connectivity index (χ2v) is 9.11. The lowest BCUT2D eigenvalue weighted by Crippen LogP contribution is -2.56. The molecule has 0 saturated carbocycles. The first-order chi connectivity index (χ1) is 13.4. The third kappa shape index (κ3) is 5.06. The van der Waals surface area contributed by atoms with E-state index in [0.717, 1.165) is 57.5 Å². The number of nitrogens with zero attached hydrogens (tertiary/aromatic N) is 3. The topological polar surface area (TPSA) is 43.9 Å². The molecule has 1 aromatic rings. The summed E-state index contributed by atoms with van der Waals surface area (Å²) >= 11 is 0. The van der Waals surface area contributed by atoms with Crippen LogP contribution in [0.1, 0.15) is 46.0 Å². The molecule has 1 aromatic carbocycles. The molecule has 2 heterocycles. The highest BCUT2D eigenvalue weighted by atomic mass is 16.2. The highest BCUT2D eigenvalue weighted by Gasteiger charge is 2.42. The number of rotatable bonds is 6. The highest BCUT2D eigenvalue weighted by molar-refractivity contribution is 5.81. The van der Waals surface area contributed by atoms with Crippen molar-refractivity contribution in [2.24, 2.45) is 11.3 Å². The molecule has 0 unspecified atom stereocenters. The third-order valence-corrected chi connectivity index (χ3v) is 6.31. The molecule has 1 atom stereocenters. The largest absolute Gasteiger partial charge is 0.365 e. The molecule has 5 nitrogen and oxygen atoms in total. The van der Waals surface area contributed by atoms with Crippen molar-refractivity contribution in [1.82, 2.24) is 9.80 Å². The van der Waals surface area contributed by atoms with Crippen molar-refractivity contribution in [3.05, 3.63) is 30.3 Å². The van der Waals surface area contributed by atoms with E-state index in [4.69, 9.17) is 0 Å². The molecule has 154 valence electrons. The fourth-order valence-corrected chi connectivity index (χ4v) is 4.55. The minimum absolute atomic E-state index is 0.0874. The van der Waals surface area contributed by atoms with Gasteiger partial charge in [-0.25, -0.2) is 0 Å². The van der Waals surface area contributed by atoms with Crippen LogP contribution in [-0.4, -0.2) is 61.4 Å². The van der Waals surface area contributed by atoms with Crippen molar-refractivity contribution in [3.8, 4) is 0 Å². The molecular formula is C23H35N3O2. The maximum Gasteiger partial charge on any atom is 0.242 e. The highest BCUT2D eigenvalue weighted by Crippen LogP contribution is 2.39. The summed E-state index contributed by atoms with van der Waals surface area (Å²) in [6, 6.07) is 10.0. The van der Waals surface area contributed by atoms with Gasteiger partial charge in [-0.3, -0.25) is 9.59 Å². The zero-order valence-corrected chi connectivity index (χ0v) is 17.7. The quantitative estimate of drug-likeness (QED) is 0.754. The van der Waals surface area contributed by atoms with Gasteiger partial charge >= 0.3 is 0 Å². The first-order valence-electron chi connectivity index (χ1n) is 10.7. The van der Waals surface area contributed by atoms with E-state index in [-0.39, 0.29) is 11.3 Å². The van der Waals surface area contributed by atoms with Gasteiger partial charge in [-0.05, 0) is 43.7 Å². The van der Waals surface area contributed by atoms with E-state index in [9.17, 15) is 9.59 Å². The van der Waals surface area contributed by atoms with Crippen molar-refractivity contribution in [3.63, 3.8) is 0 Å². The normalized spacial score (nSPS) is 22.8. The van der Waals surface area contributed by atoms with E-state index in [1.54, 1.807) is 0 Å². The van der Waals surface area contributed by atoms with Crippen LogP contribution in [0.5, 0.6) is 0 Å². The first-order valence-corrected chi connectivity index (χ1v) is 10.7. The van der Waals surface area contributed by atoms with Gasteiger partial charge in [0, 0.05) is 50.7 Å². The Morgan fingerprint density at radius 3 is 2.64 bits per heavy atom. The number of likely N-dealkylation sites (N-methyl/N-ethyl adjacent to an activating group) is 1. The molecule has 0 N–H and O–H groups in total. The van der Waals surface area contributed by atoms with Gasteiger partial charge in [0.25, 0.3) is 0 Å². The Labute approximate surface area is 169 Å². The molecule has 0 bridgehead atoms. The Morgan fingerprint density at radius 1 is 1.18 bits per heavy atom. The fraction of sp³-hybridized carbons (Fsp3) is 0.652. The zero-order chi connectivity index (χ0) is 20.1. The lowest BCUT2D eigenvalue weighted by atomic mass is 9.73. The number of hydrogen-bond acceptors (Lipinski definition) is 3. The van der Waals surface area contributed by atoms with Crippen molar-refractivity contribution in [1.29, 1.82) is 0 Å². The van der Waals surface area contributed by atoms with Crippen LogP contribution >= 0.6 is 0 Å². The van der Waals surface area contributed by atoms with E-state index in [1.807, 2.05) is 47.2 Å². The predicted octanol–water partition coefficient (Wildman–Crippen LogP) is 3.40. The molecule has 0 radical (unpaired) electrons. The Hall–Kier alpha value is -2.04. The smallest absolute Gasteiger partial charge is 0.242 e. The number of para-hydroxylation sites is 1. The Morgan fingerprint density at radius 2 is 1.93 bits per heavy atom. The summed E-state index contributed by atoms with van der Waals surface area (Å²) in [6.07, 6.45) is 4.75. The summed E-state index contributed by atoms with van der Waals surface area (Å²) in [5, 5.41) is 0. The zero-order valence-electron chi connectivity index (χ0n) is 17.7. The minimum Gasteiger partial charge on any atom is -0.365 e. The number of carbonyl (C=O) groups excluding carboxylic acids is 2. The van der Waals surface area contributed by atoms with Crippen molar-refractivity contribution in [2.75, 3.05) is 44.7 Å². The molecular weight excluding hydrogens is 350 g/mol. The SMILES string of the molecule is CC(C)CCN1C[C@]2(CCCN(C(=O)CN(C)c3ccccc3)C2)CCC1=O. The van der Waals surface area contributed by atoms with Crippen molar-refractivity contribution < 1.29 is 9.59 Å². The summed E-state index contributed by atoms with van der Waals surface area (Å²) in [5.41, 5.74) is 1.15. The predicted molar refractivity (Wildman–Crippen MR) is 113 cm³/mol. The Bertz CT molecular complexity index is 676. The van der Waals surface area contributed by atoms with Crippen LogP contribution in [0.15, 0.2) is 30.3 Å². The molecule has 2 aliphatic rings. The summed E-state index contributed by atoms with van der Waals surface area (Å²) in [7, 11) is 1.97. The van der Waals surface area contributed by atoms with Crippen LogP contribution in [0.4, 0.5) is 5.69 Å². The molecule has 2 amide bonds. The van der Waals surface area contributed by atoms with Gasteiger partial charge in [0.1, 0.15) is 0 Å². The lowest BCUT2D eigenvalue weighted by Gasteiger charge is -2.48. The number of likely N-dealkylation sites (tertiary alicyclic amines) is 2. The van der Waals surface area contributed by atoms with Crippen LogP contribution in [0.2, 0.25) is 0 Å². The van der Waals surface area contributed by atoms with Crippen molar-refractivity contribution >= 4 is 17.5 Å². The van der Waals surface area contributed by atoms with E-state index >= 15 is 0 Å². The summed E-state index contributed by atoms with van der Waals surface area (Å²) < 4.78 is 0. The van der Waals surface area contributed by atoms with Crippen LogP contribution in [-0.2, 0) is 9.59 Å². The Balaban J connectivity index is 1.61. The molecule has 2 saturated heterocycles. The van der Waals surface area contributed by atoms with Crippen LogP contribution in [0.25, 0.3) is 0 Å². The summed E-state index contributed by atoms with van der Waals surface area (Å²) in [6.45, 7) is 8.10. The molecule has 2 aliphatic heterocycles. The number of hydrogen-bond donors (Lipinski definition) is 0. The van der Waals surface area contributed by atoms with Crippen molar-refractivity contribution in [2.45, 2.75) is 46.0 Å². The van der Waals surface area contributed by atoms with E-state index in [0.29, 0.717) is 24.8 Å². The maximum absolute atomic E-state index is 13.0. The van der Waals surface area contributed by atoms with Gasteiger partial charge in [0.2, 0.25) is 11.8 Å². The van der Waals surface area contributed by atoms with Gasteiger partial charge in [-0.1, -0.05) is 32.0 Å². The number of amides is 2. The number of anilines is 1. The monoisotopic (exact) mass is 385 g/mol. The average molecular weight is 386 g/mol. The van der Waals surface area contributed by atoms with E-state index in [1.165, 1.54) is 0 Å². The number of carbonyl (C=O) groups is 2. The lowest BCUT2D eigenvalue weighted by molar-refractivity contribution is -0.142. The van der Waals surface area contributed by atoms with Gasteiger partial charge in [0.15, 0.2) is 0 Å². The minimum atomic E-state index is 0.0874. The summed E-state index contributed by atoms with van der Waals surface area (Å²) in [5.74, 6) is 1.08. The van der Waals surface area contributed by atoms with Gasteiger partial charge in [-0.2, -0.15) is 0 Å². The second-order valence-electron chi connectivity index (χ2n) is 9.11. The maximum atomic E-state index is 13.0. The van der Waals surface area contributed by atoms with Gasteiger partial charge in [0.05, 0.1) is 6.54 Å². The number of piperidine rings is 2. The third-order valence-electron chi connectivity index (χ3n) is 6.31. The molecule has 2 fully saturated rings. The standard InChI is InChI=1S/C23H35N3O2/c1-19(2)11-15-26-18-23(13-10-21(26)27)12-7-14-25(17-23)22(28)16-24(3)20-8-5-4-6-9-20/h4-6,8-9,19H,7,10-18H2,1-3H3/t23-/m1/s1. The average Bonchev–Trinajstić information content (AvgIpc) is 2.69. The van der Waals surface area contributed by atoms with Crippen LogP contribution in [0, 0.1) is 11.3 Å². The molecule has 5 heteroatoms. The van der Waals surface area contributed by atoms with E-state index in [2.05, 4.69) is 18.7 Å². The second kappa shape index (κ2) is 8.97. The Kier molecular flexibility index (Phi) is 6.63. The molecule has 0 aromatic heterocycles. The number of benzene rings is 1.